The van der Waals surface area contributed by atoms with E-state index in [1.807, 2.05) is 12.1 Å². The van der Waals surface area contributed by atoms with Crippen LogP contribution in [0.4, 0.5) is 5.13 Å². The van der Waals surface area contributed by atoms with Crippen molar-refractivity contribution in [3.8, 4) is 11.3 Å². The van der Waals surface area contributed by atoms with E-state index in [0.29, 0.717) is 5.13 Å². The molecule has 1 aliphatic heterocycles. The predicted molar refractivity (Wildman–Crippen MR) is 118 cm³/mol. The molecular weight excluding hydrogens is 424 g/mol. The first-order valence-corrected chi connectivity index (χ1v) is 12.5. The van der Waals surface area contributed by atoms with Gasteiger partial charge < -0.3 is 5.32 Å². The number of hydrogen-bond acceptors (Lipinski definition) is 6. The number of nitrogens with zero attached hydrogens (tertiary/aromatic N) is 1. The van der Waals surface area contributed by atoms with E-state index in [1.54, 1.807) is 49.9 Å². The minimum absolute atomic E-state index is 0.164. The fourth-order valence-corrected chi connectivity index (χ4v) is 6.24. The largest absolute Gasteiger partial charge is 0.302 e. The molecule has 0 atom stereocenters. The van der Waals surface area contributed by atoms with Crippen LogP contribution in [0.1, 0.15) is 24.3 Å². The molecular formula is C21H20N2O3S3. The number of thioether (sulfide) groups is 1. The summed E-state index contributed by atoms with van der Waals surface area (Å²) in [4.78, 5) is 19.7. The number of aromatic nitrogens is 1. The second-order valence-electron chi connectivity index (χ2n) is 7.04. The van der Waals surface area contributed by atoms with Crippen molar-refractivity contribution in [1.82, 2.24) is 4.98 Å². The van der Waals surface area contributed by atoms with Crippen LogP contribution in [0.5, 0.6) is 0 Å². The maximum Gasteiger partial charge on any atom is 0.230 e. The number of sulfone groups is 1. The third-order valence-electron chi connectivity index (χ3n) is 4.68. The lowest BCUT2D eigenvalue weighted by atomic mass is 10.1. The second-order valence-corrected chi connectivity index (χ2v) is 11.6. The molecule has 29 heavy (non-hydrogen) atoms. The molecule has 1 N–H and O–H groups in total. The Bertz CT molecular complexity index is 1170. The normalized spacial score (nSPS) is 13.1. The van der Waals surface area contributed by atoms with Crippen LogP contribution in [-0.2, 0) is 26.8 Å². The van der Waals surface area contributed by atoms with Crippen LogP contribution >= 0.6 is 23.1 Å². The van der Waals surface area contributed by atoms with Gasteiger partial charge in [-0.25, -0.2) is 13.4 Å². The molecule has 1 amide bonds. The van der Waals surface area contributed by atoms with Gasteiger partial charge in [0.05, 0.1) is 22.3 Å². The lowest BCUT2D eigenvalue weighted by Gasteiger charge is -2.13. The predicted octanol–water partition coefficient (Wildman–Crippen LogP) is 4.78. The third-order valence-corrected chi connectivity index (χ3v) is 9.11. The van der Waals surface area contributed by atoms with Crippen molar-refractivity contribution in [3.63, 3.8) is 0 Å². The Morgan fingerprint density at radius 2 is 1.86 bits per heavy atom. The summed E-state index contributed by atoms with van der Waals surface area (Å²) in [5.41, 5.74) is 2.81. The Morgan fingerprint density at radius 1 is 1.14 bits per heavy atom. The molecule has 5 nitrogen and oxygen atoms in total. The summed E-state index contributed by atoms with van der Waals surface area (Å²) in [6, 6.07) is 14.7. The van der Waals surface area contributed by atoms with Gasteiger partial charge in [0.25, 0.3) is 0 Å². The number of anilines is 1. The molecule has 0 fully saturated rings. The monoisotopic (exact) mass is 444 g/mol. The van der Waals surface area contributed by atoms with E-state index < -0.39 is 15.1 Å². The molecule has 150 valence electrons. The van der Waals surface area contributed by atoms with Gasteiger partial charge in [-0.15, -0.1) is 23.1 Å². The first kappa shape index (κ1) is 20.1. The molecule has 1 aromatic heterocycles. The summed E-state index contributed by atoms with van der Waals surface area (Å²) in [6.07, 6.45) is 0.164. The van der Waals surface area contributed by atoms with Gasteiger partial charge in [-0.1, -0.05) is 30.3 Å². The maximum atomic E-state index is 12.5. The van der Waals surface area contributed by atoms with Crippen molar-refractivity contribution in [2.75, 3.05) is 5.32 Å². The van der Waals surface area contributed by atoms with Crippen LogP contribution in [0.3, 0.4) is 0 Å². The number of carbonyl (C=O) groups excluding carboxylic acids is 1. The van der Waals surface area contributed by atoms with Gasteiger partial charge in [0, 0.05) is 21.1 Å². The van der Waals surface area contributed by atoms with E-state index >= 15 is 0 Å². The topological polar surface area (TPSA) is 76.1 Å². The van der Waals surface area contributed by atoms with Crippen LogP contribution in [0.15, 0.2) is 58.3 Å². The number of hydrogen-bond donors (Lipinski definition) is 1. The highest BCUT2D eigenvalue weighted by Gasteiger charge is 2.22. The van der Waals surface area contributed by atoms with Crippen molar-refractivity contribution in [3.05, 3.63) is 59.0 Å². The zero-order valence-electron chi connectivity index (χ0n) is 16.0. The highest BCUT2D eigenvalue weighted by Crippen LogP contribution is 2.44. The van der Waals surface area contributed by atoms with E-state index in [-0.39, 0.29) is 17.2 Å². The highest BCUT2D eigenvalue weighted by atomic mass is 32.2. The quantitative estimate of drug-likeness (QED) is 0.613. The number of amides is 1. The lowest BCUT2D eigenvalue weighted by molar-refractivity contribution is -0.115. The summed E-state index contributed by atoms with van der Waals surface area (Å²) in [7, 11) is -3.31. The minimum atomic E-state index is -3.31. The van der Waals surface area contributed by atoms with Crippen molar-refractivity contribution >= 4 is 44.0 Å². The fraction of sp³-hybridized carbons (Fsp3) is 0.238. The Balaban J connectivity index is 1.46. The Hall–Kier alpha value is -2.16. The summed E-state index contributed by atoms with van der Waals surface area (Å²) >= 11 is 3.28. The van der Waals surface area contributed by atoms with Gasteiger partial charge in [-0.3, -0.25) is 4.79 Å². The van der Waals surface area contributed by atoms with Crippen LogP contribution in [0, 0.1) is 0 Å². The molecule has 0 saturated heterocycles. The minimum Gasteiger partial charge on any atom is -0.302 e. The van der Waals surface area contributed by atoms with E-state index in [2.05, 4.69) is 22.4 Å². The van der Waals surface area contributed by atoms with E-state index in [1.165, 1.54) is 16.2 Å². The molecule has 3 aromatic rings. The standard InChI is InChI=1S/C21H20N2O3S3/c1-13(2)29(25,26)15-9-7-14(8-10-15)11-19(24)22-21-23-20-16-5-3-4-6-17(16)27-12-18(20)28-21/h3-10,13H,11-12H2,1-2H3,(H,22,23,24). The fourth-order valence-electron chi connectivity index (χ4n) is 3.06. The first-order chi connectivity index (χ1) is 13.8. The molecule has 1 aliphatic rings. The van der Waals surface area contributed by atoms with Crippen LogP contribution in [-0.4, -0.2) is 24.6 Å². The summed E-state index contributed by atoms with van der Waals surface area (Å²) < 4.78 is 24.4. The molecule has 0 aliphatic carbocycles. The number of fused-ring (bicyclic) bond motifs is 3. The van der Waals surface area contributed by atoms with Crippen molar-refractivity contribution in [2.45, 2.75) is 41.1 Å². The maximum absolute atomic E-state index is 12.5. The highest BCUT2D eigenvalue weighted by molar-refractivity contribution is 7.98. The van der Waals surface area contributed by atoms with Crippen molar-refractivity contribution in [2.24, 2.45) is 0 Å². The van der Waals surface area contributed by atoms with Crippen molar-refractivity contribution < 1.29 is 13.2 Å². The summed E-state index contributed by atoms with van der Waals surface area (Å²) in [5, 5.41) is 3.00. The summed E-state index contributed by atoms with van der Waals surface area (Å²) in [5.74, 6) is 0.683. The number of rotatable bonds is 5. The second kappa shape index (κ2) is 7.93. The number of benzene rings is 2. The Morgan fingerprint density at radius 3 is 2.59 bits per heavy atom. The van der Waals surface area contributed by atoms with Gasteiger partial charge in [0.1, 0.15) is 0 Å². The van der Waals surface area contributed by atoms with E-state index in [4.69, 9.17) is 0 Å². The Labute approximate surface area is 178 Å². The van der Waals surface area contributed by atoms with Gasteiger partial charge in [0.15, 0.2) is 15.0 Å². The van der Waals surface area contributed by atoms with Crippen LogP contribution in [0.2, 0.25) is 0 Å². The van der Waals surface area contributed by atoms with E-state index in [0.717, 1.165) is 27.5 Å². The molecule has 2 aromatic carbocycles. The number of thiazole rings is 1. The molecule has 4 rings (SSSR count). The molecule has 8 heteroatoms. The van der Waals surface area contributed by atoms with Crippen molar-refractivity contribution in [1.29, 1.82) is 0 Å². The average molecular weight is 445 g/mol. The lowest BCUT2D eigenvalue weighted by Crippen LogP contribution is -2.15. The SMILES string of the molecule is CC(C)S(=O)(=O)c1ccc(CC(=O)Nc2nc3c(s2)CSc2ccccc2-3)cc1. The first-order valence-electron chi connectivity index (χ1n) is 9.19. The molecule has 0 unspecified atom stereocenters. The summed E-state index contributed by atoms with van der Waals surface area (Å²) in [6.45, 7) is 3.31. The number of carbonyl (C=O) groups is 1. The van der Waals surface area contributed by atoms with Crippen LogP contribution in [0.25, 0.3) is 11.3 Å². The molecule has 0 spiro atoms. The van der Waals surface area contributed by atoms with Gasteiger partial charge in [-0.2, -0.15) is 0 Å². The zero-order valence-corrected chi connectivity index (χ0v) is 18.5. The zero-order chi connectivity index (χ0) is 20.6. The van der Waals surface area contributed by atoms with E-state index in [9.17, 15) is 13.2 Å². The average Bonchev–Trinajstić information content (AvgIpc) is 3.11. The Kier molecular flexibility index (Phi) is 5.50. The van der Waals surface area contributed by atoms with Gasteiger partial charge in [-0.05, 0) is 37.6 Å². The molecule has 0 radical (unpaired) electrons. The smallest absolute Gasteiger partial charge is 0.230 e. The molecule has 0 bridgehead atoms. The third kappa shape index (κ3) is 4.10. The molecule has 2 heterocycles. The van der Waals surface area contributed by atoms with Gasteiger partial charge >= 0.3 is 0 Å². The van der Waals surface area contributed by atoms with Gasteiger partial charge in [0.2, 0.25) is 5.91 Å². The molecule has 0 saturated carbocycles. The number of nitrogens with one attached hydrogen (secondary N) is 1. The van der Waals surface area contributed by atoms with Crippen LogP contribution < -0.4 is 5.32 Å².